The Kier molecular flexibility index (Phi) is 4.99. The van der Waals surface area contributed by atoms with Crippen molar-refractivity contribution in [2.24, 2.45) is 5.92 Å². The van der Waals surface area contributed by atoms with Crippen molar-refractivity contribution < 1.29 is 14.3 Å². The van der Waals surface area contributed by atoms with Crippen molar-refractivity contribution in [3.63, 3.8) is 0 Å². The Morgan fingerprint density at radius 3 is 2.53 bits per heavy atom. The van der Waals surface area contributed by atoms with Crippen LogP contribution in [-0.2, 0) is 11.3 Å². The standard InChI is InChI=1S/C24H25N3O3/c28-23(21-10-5-11-22-25-12-13-26(21)22)18-14-19-8-4-9-20(15-18)27(19)24(29)30-16-17-6-2-1-3-7-17/h1-3,5-7,10-13,18-20H,4,8-9,14-16H2. The third kappa shape index (κ3) is 3.47. The molecule has 2 aromatic heterocycles. The van der Waals surface area contributed by atoms with E-state index in [1.807, 2.05) is 64.0 Å². The normalized spacial score (nSPS) is 23.3. The van der Waals surface area contributed by atoms with Gasteiger partial charge in [0.05, 0.1) is 5.69 Å². The molecule has 3 aromatic rings. The molecule has 1 amide bonds. The minimum Gasteiger partial charge on any atom is -0.445 e. The molecule has 0 N–H and O–H groups in total. The molecule has 1 aromatic carbocycles. The molecule has 2 saturated heterocycles. The number of nitrogens with zero attached hydrogens (tertiary/aromatic N) is 3. The fourth-order valence-electron chi connectivity index (χ4n) is 5.04. The molecular weight excluding hydrogens is 378 g/mol. The Bertz CT molecular complexity index is 1050. The van der Waals surface area contributed by atoms with Gasteiger partial charge in [0.15, 0.2) is 5.78 Å². The molecule has 154 valence electrons. The lowest BCUT2D eigenvalue weighted by molar-refractivity contribution is 0.00460. The van der Waals surface area contributed by atoms with Gasteiger partial charge in [0.25, 0.3) is 0 Å². The van der Waals surface area contributed by atoms with Gasteiger partial charge in [0.2, 0.25) is 0 Å². The molecular formula is C24H25N3O3. The van der Waals surface area contributed by atoms with Crippen molar-refractivity contribution in [1.82, 2.24) is 14.3 Å². The Balaban J connectivity index is 1.30. The average molecular weight is 403 g/mol. The molecule has 6 heteroatoms. The highest BCUT2D eigenvalue weighted by Gasteiger charge is 2.44. The maximum absolute atomic E-state index is 13.3. The van der Waals surface area contributed by atoms with Gasteiger partial charge >= 0.3 is 6.09 Å². The van der Waals surface area contributed by atoms with Gasteiger partial charge in [-0.3, -0.25) is 9.20 Å². The van der Waals surface area contributed by atoms with Crippen LogP contribution < -0.4 is 0 Å². The summed E-state index contributed by atoms with van der Waals surface area (Å²) in [6, 6.07) is 15.5. The first kappa shape index (κ1) is 18.9. The van der Waals surface area contributed by atoms with Crippen LogP contribution in [0, 0.1) is 5.92 Å². The van der Waals surface area contributed by atoms with Crippen LogP contribution >= 0.6 is 0 Å². The molecule has 2 aliphatic heterocycles. The zero-order valence-electron chi connectivity index (χ0n) is 16.8. The number of piperidine rings is 2. The minimum atomic E-state index is -0.254. The molecule has 0 saturated carbocycles. The number of aromatic nitrogens is 2. The zero-order chi connectivity index (χ0) is 20.5. The number of rotatable bonds is 4. The van der Waals surface area contributed by atoms with Gasteiger partial charge in [0, 0.05) is 30.4 Å². The lowest BCUT2D eigenvalue weighted by atomic mass is 9.76. The zero-order valence-corrected chi connectivity index (χ0v) is 16.8. The predicted molar refractivity (Wildman–Crippen MR) is 112 cm³/mol. The van der Waals surface area contributed by atoms with Crippen LogP contribution in [0.2, 0.25) is 0 Å². The number of fused-ring (bicyclic) bond motifs is 3. The van der Waals surface area contributed by atoms with Crippen LogP contribution in [-0.4, -0.2) is 38.2 Å². The van der Waals surface area contributed by atoms with Crippen LogP contribution in [0.25, 0.3) is 5.65 Å². The summed E-state index contributed by atoms with van der Waals surface area (Å²) in [7, 11) is 0. The Morgan fingerprint density at radius 1 is 1.00 bits per heavy atom. The van der Waals surface area contributed by atoms with Gasteiger partial charge in [0.1, 0.15) is 12.3 Å². The molecule has 2 unspecified atom stereocenters. The van der Waals surface area contributed by atoms with Crippen molar-refractivity contribution in [2.75, 3.05) is 0 Å². The molecule has 0 aliphatic carbocycles. The number of ketones is 1. The number of ether oxygens (including phenoxy) is 1. The molecule has 0 spiro atoms. The van der Waals surface area contributed by atoms with Crippen LogP contribution in [0.5, 0.6) is 0 Å². The number of Topliss-reactive ketones (excluding diaryl/α,β-unsaturated/α-hetero) is 1. The lowest BCUT2D eigenvalue weighted by Crippen LogP contribution is -2.55. The second-order valence-electron chi connectivity index (χ2n) is 8.29. The number of hydrogen-bond donors (Lipinski definition) is 0. The molecule has 2 bridgehead atoms. The summed E-state index contributed by atoms with van der Waals surface area (Å²) in [6.07, 6.45) is 7.63. The summed E-state index contributed by atoms with van der Waals surface area (Å²) >= 11 is 0. The monoisotopic (exact) mass is 403 g/mol. The highest BCUT2D eigenvalue weighted by Crippen LogP contribution is 2.38. The summed E-state index contributed by atoms with van der Waals surface area (Å²) in [6.45, 7) is 0.278. The largest absolute Gasteiger partial charge is 0.445 e. The minimum absolute atomic E-state index is 0.0664. The molecule has 6 nitrogen and oxygen atoms in total. The number of amides is 1. The SMILES string of the molecule is O=C(c1cccc2nccn12)C1CC2CCCC(C1)N2C(=O)OCc1ccccc1. The first-order valence-electron chi connectivity index (χ1n) is 10.7. The molecule has 30 heavy (non-hydrogen) atoms. The van der Waals surface area contributed by atoms with Gasteiger partial charge in [-0.1, -0.05) is 36.4 Å². The van der Waals surface area contributed by atoms with E-state index in [1.165, 1.54) is 0 Å². The number of imidazole rings is 1. The van der Waals surface area contributed by atoms with E-state index >= 15 is 0 Å². The molecule has 2 fully saturated rings. The van der Waals surface area contributed by atoms with Gasteiger partial charge in [-0.05, 0) is 49.8 Å². The second-order valence-corrected chi connectivity index (χ2v) is 8.29. The summed E-state index contributed by atoms with van der Waals surface area (Å²) in [5.41, 5.74) is 2.44. The molecule has 2 aliphatic rings. The van der Waals surface area contributed by atoms with Crippen molar-refractivity contribution in [3.8, 4) is 0 Å². The maximum atomic E-state index is 13.3. The highest BCUT2D eigenvalue weighted by molar-refractivity contribution is 5.97. The lowest BCUT2D eigenvalue weighted by Gasteiger charge is -2.47. The van der Waals surface area contributed by atoms with Crippen molar-refractivity contribution in [2.45, 2.75) is 50.8 Å². The average Bonchev–Trinajstić information content (AvgIpc) is 3.26. The summed E-state index contributed by atoms with van der Waals surface area (Å²) in [5.74, 6) is 0.0688. The van der Waals surface area contributed by atoms with Crippen LogP contribution in [0.4, 0.5) is 4.79 Å². The van der Waals surface area contributed by atoms with Crippen molar-refractivity contribution in [3.05, 3.63) is 72.2 Å². The number of carbonyl (C=O) groups excluding carboxylic acids is 2. The fraction of sp³-hybridized carbons (Fsp3) is 0.375. The highest BCUT2D eigenvalue weighted by atomic mass is 16.6. The van der Waals surface area contributed by atoms with E-state index in [-0.39, 0.29) is 36.5 Å². The third-order valence-corrected chi connectivity index (χ3v) is 6.44. The van der Waals surface area contributed by atoms with Gasteiger partial charge in [-0.25, -0.2) is 9.78 Å². The first-order valence-corrected chi connectivity index (χ1v) is 10.7. The second kappa shape index (κ2) is 7.94. The number of hydrogen-bond acceptors (Lipinski definition) is 4. The summed E-state index contributed by atoms with van der Waals surface area (Å²) < 4.78 is 7.48. The van der Waals surface area contributed by atoms with Gasteiger partial charge in [-0.2, -0.15) is 0 Å². The summed E-state index contributed by atoms with van der Waals surface area (Å²) in [5, 5.41) is 0. The fourth-order valence-corrected chi connectivity index (χ4v) is 5.04. The van der Waals surface area contributed by atoms with Crippen LogP contribution in [0.1, 0.15) is 48.2 Å². The maximum Gasteiger partial charge on any atom is 0.410 e. The van der Waals surface area contributed by atoms with Gasteiger partial charge in [-0.15, -0.1) is 0 Å². The molecule has 0 radical (unpaired) electrons. The smallest absolute Gasteiger partial charge is 0.410 e. The van der Waals surface area contributed by atoms with Gasteiger partial charge < -0.3 is 9.64 Å². The molecule has 2 atom stereocenters. The van der Waals surface area contributed by atoms with E-state index in [4.69, 9.17) is 4.74 Å². The van der Waals surface area contributed by atoms with Crippen LogP contribution in [0.3, 0.4) is 0 Å². The Hall–Kier alpha value is -3.15. The van der Waals surface area contributed by atoms with Crippen molar-refractivity contribution in [1.29, 1.82) is 0 Å². The number of pyridine rings is 1. The number of benzene rings is 1. The summed E-state index contributed by atoms with van der Waals surface area (Å²) in [4.78, 5) is 32.4. The third-order valence-electron chi connectivity index (χ3n) is 6.44. The molecule has 4 heterocycles. The topological polar surface area (TPSA) is 63.9 Å². The predicted octanol–water partition coefficient (Wildman–Crippen LogP) is 4.49. The molecule has 5 rings (SSSR count). The Morgan fingerprint density at radius 2 is 1.77 bits per heavy atom. The van der Waals surface area contributed by atoms with E-state index in [2.05, 4.69) is 4.98 Å². The van der Waals surface area contributed by atoms with E-state index in [0.29, 0.717) is 18.5 Å². The first-order chi connectivity index (χ1) is 14.7. The number of carbonyl (C=O) groups is 2. The Labute approximate surface area is 175 Å². The van der Waals surface area contributed by atoms with E-state index in [1.54, 1.807) is 6.20 Å². The quantitative estimate of drug-likeness (QED) is 0.602. The van der Waals surface area contributed by atoms with E-state index in [9.17, 15) is 9.59 Å². The van der Waals surface area contributed by atoms with Crippen LogP contribution in [0.15, 0.2) is 60.9 Å². The van der Waals surface area contributed by atoms with E-state index < -0.39 is 0 Å². The van der Waals surface area contributed by atoms with Crippen molar-refractivity contribution >= 4 is 17.5 Å². The van der Waals surface area contributed by atoms with E-state index in [0.717, 1.165) is 30.5 Å².